The number of hydrogen-bond acceptors (Lipinski definition) is 5. The number of nitrogens with two attached hydrogens (primary N) is 1. The number of nitrogens with zero attached hydrogens (tertiary/aromatic N) is 2. The quantitative estimate of drug-likeness (QED) is 0.557. The maximum atomic E-state index is 12.0. The van der Waals surface area contributed by atoms with E-state index in [4.69, 9.17) is 17.4 Å². The molecule has 1 amide bonds. The van der Waals surface area contributed by atoms with Crippen molar-refractivity contribution in [2.45, 2.75) is 19.4 Å². The zero-order chi connectivity index (χ0) is 14.6. The molecule has 1 rings (SSSR count). The van der Waals surface area contributed by atoms with Crippen molar-refractivity contribution in [3.8, 4) is 0 Å². The summed E-state index contributed by atoms with van der Waals surface area (Å²) >= 11 is 5.92. The first-order chi connectivity index (χ1) is 8.77. The third kappa shape index (κ3) is 4.05. The largest absolute Gasteiger partial charge is 0.350 e. The predicted molar refractivity (Wildman–Crippen MR) is 77.2 cm³/mol. The molecule has 0 aliphatic carbocycles. The molecule has 19 heavy (non-hydrogen) atoms. The van der Waals surface area contributed by atoms with Gasteiger partial charge in [-0.1, -0.05) is 11.6 Å². The van der Waals surface area contributed by atoms with Crippen LogP contribution < -0.4 is 16.6 Å². The number of carbonyl (C=O) groups excluding carboxylic acids is 1. The van der Waals surface area contributed by atoms with E-state index >= 15 is 0 Å². The molecule has 7 heteroatoms. The lowest BCUT2D eigenvalue weighted by Crippen LogP contribution is -2.48. The number of hydrazine groups is 1. The molecule has 6 nitrogen and oxygen atoms in total. The molecule has 0 radical (unpaired) electrons. The van der Waals surface area contributed by atoms with Crippen LogP contribution in [0.15, 0.2) is 12.3 Å². The zero-order valence-corrected chi connectivity index (χ0v) is 12.4. The van der Waals surface area contributed by atoms with Crippen molar-refractivity contribution in [1.82, 2.24) is 15.2 Å². The number of nitrogens with one attached hydrogen (secondary N) is 2. The molecule has 1 aromatic heterocycles. The average molecular weight is 286 g/mol. The highest BCUT2D eigenvalue weighted by Gasteiger charge is 2.21. The smallest absolute Gasteiger partial charge is 0.252 e. The van der Waals surface area contributed by atoms with Gasteiger partial charge in [0.15, 0.2) is 5.82 Å². The van der Waals surface area contributed by atoms with E-state index < -0.39 is 0 Å². The summed E-state index contributed by atoms with van der Waals surface area (Å²) in [6.45, 7) is 4.60. The van der Waals surface area contributed by atoms with Crippen molar-refractivity contribution >= 4 is 23.3 Å². The van der Waals surface area contributed by atoms with Gasteiger partial charge in [0, 0.05) is 18.3 Å². The van der Waals surface area contributed by atoms with Crippen molar-refractivity contribution in [2.75, 3.05) is 26.1 Å². The minimum absolute atomic E-state index is 0.133. The number of hydrogen-bond donors (Lipinski definition) is 3. The second-order valence-electron chi connectivity index (χ2n) is 5.09. The molecule has 0 bridgehead atoms. The van der Waals surface area contributed by atoms with Gasteiger partial charge in [-0.3, -0.25) is 4.79 Å². The molecule has 1 aromatic rings. The van der Waals surface area contributed by atoms with E-state index in [2.05, 4.69) is 15.7 Å². The third-order valence-electron chi connectivity index (χ3n) is 3.13. The van der Waals surface area contributed by atoms with Crippen LogP contribution >= 0.6 is 11.6 Å². The highest BCUT2D eigenvalue weighted by molar-refractivity contribution is 6.33. The molecule has 106 valence electrons. The van der Waals surface area contributed by atoms with Gasteiger partial charge in [-0.05, 0) is 34.0 Å². The molecule has 0 saturated heterocycles. The first-order valence-electron chi connectivity index (χ1n) is 5.85. The number of nitrogen functional groups attached to an aromatic ring is 1. The standard InChI is InChI=1S/C12H20ClN5O/c1-12(2,18(3)4)7-16-11(19)8-5-9(13)10(17-14)15-6-8/h5-6H,7,14H2,1-4H3,(H,15,17)(H,16,19). The predicted octanol–water partition coefficient (Wildman–Crippen LogP) is 1.09. The van der Waals surface area contributed by atoms with E-state index in [0.29, 0.717) is 22.9 Å². The highest BCUT2D eigenvalue weighted by Crippen LogP contribution is 2.19. The third-order valence-corrected chi connectivity index (χ3v) is 3.42. The molecule has 1 heterocycles. The van der Waals surface area contributed by atoms with Gasteiger partial charge >= 0.3 is 0 Å². The molecule has 0 fully saturated rings. The van der Waals surface area contributed by atoms with Crippen LogP contribution in [0.25, 0.3) is 0 Å². The molecule has 0 aliphatic heterocycles. The highest BCUT2D eigenvalue weighted by atomic mass is 35.5. The van der Waals surface area contributed by atoms with Crippen LogP contribution in [0.5, 0.6) is 0 Å². The van der Waals surface area contributed by atoms with E-state index in [1.807, 2.05) is 32.8 Å². The van der Waals surface area contributed by atoms with Gasteiger partial charge in [-0.25, -0.2) is 10.8 Å². The van der Waals surface area contributed by atoms with Crippen molar-refractivity contribution < 1.29 is 4.79 Å². The van der Waals surface area contributed by atoms with Crippen LogP contribution in [-0.4, -0.2) is 42.0 Å². The second-order valence-corrected chi connectivity index (χ2v) is 5.50. The van der Waals surface area contributed by atoms with Crippen LogP contribution in [0.3, 0.4) is 0 Å². The zero-order valence-electron chi connectivity index (χ0n) is 11.6. The minimum atomic E-state index is -0.215. The Kier molecular flexibility index (Phi) is 5.11. The summed E-state index contributed by atoms with van der Waals surface area (Å²) in [7, 11) is 3.93. The fourth-order valence-electron chi connectivity index (χ4n) is 1.23. The second kappa shape index (κ2) is 6.18. The first-order valence-corrected chi connectivity index (χ1v) is 6.23. The minimum Gasteiger partial charge on any atom is -0.350 e. The van der Waals surface area contributed by atoms with Gasteiger partial charge in [0.25, 0.3) is 5.91 Å². The van der Waals surface area contributed by atoms with E-state index in [1.165, 1.54) is 12.3 Å². The average Bonchev–Trinajstić information content (AvgIpc) is 2.35. The topological polar surface area (TPSA) is 83.3 Å². The number of rotatable bonds is 5. The fraction of sp³-hybridized carbons (Fsp3) is 0.500. The fourth-order valence-corrected chi connectivity index (χ4v) is 1.45. The molecule has 0 aromatic carbocycles. The normalized spacial score (nSPS) is 11.5. The van der Waals surface area contributed by atoms with Crippen LogP contribution in [0.4, 0.5) is 5.82 Å². The SMILES string of the molecule is CN(C)C(C)(C)CNC(=O)c1cnc(NN)c(Cl)c1. The molecule has 0 saturated carbocycles. The lowest BCUT2D eigenvalue weighted by Gasteiger charge is -2.32. The maximum absolute atomic E-state index is 12.0. The molecular formula is C12H20ClN5O. The van der Waals surface area contributed by atoms with E-state index in [0.717, 1.165) is 0 Å². The van der Waals surface area contributed by atoms with Gasteiger partial charge in [-0.2, -0.15) is 0 Å². The van der Waals surface area contributed by atoms with Crippen molar-refractivity contribution in [3.05, 3.63) is 22.8 Å². The lowest BCUT2D eigenvalue weighted by molar-refractivity contribution is 0.0919. The summed E-state index contributed by atoms with van der Waals surface area (Å²) < 4.78 is 0. The Balaban J connectivity index is 2.72. The summed E-state index contributed by atoms with van der Waals surface area (Å²) in [4.78, 5) is 18.0. The number of amides is 1. The Morgan fingerprint density at radius 1 is 1.53 bits per heavy atom. The van der Waals surface area contributed by atoms with Gasteiger partial charge in [-0.15, -0.1) is 0 Å². The van der Waals surface area contributed by atoms with Crippen LogP contribution in [0, 0.1) is 0 Å². The summed E-state index contributed by atoms with van der Waals surface area (Å²) in [5.41, 5.74) is 2.62. The van der Waals surface area contributed by atoms with Crippen molar-refractivity contribution in [2.24, 2.45) is 5.84 Å². The number of carbonyl (C=O) groups is 1. The van der Waals surface area contributed by atoms with Gasteiger partial charge in [0.1, 0.15) is 0 Å². The molecule has 0 spiro atoms. The van der Waals surface area contributed by atoms with E-state index in [-0.39, 0.29) is 11.4 Å². The van der Waals surface area contributed by atoms with Gasteiger partial charge in [0.2, 0.25) is 0 Å². The monoisotopic (exact) mass is 285 g/mol. The Bertz CT molecular complexity index is 461. The maximum Gasteiger partial charge on any atom is 0.252 e. The summed E-state index contributed by atoms with van der Waals surface area (Å²) in [5.74, 6) is 5.35. The number of likely N-dealkylation sites (N-methyl/N-ethyl adjacent to an activating group) is 1. The number of pyridine rings is 1. The van der Waals surface area contributed by atoms with E-state index in [9.17, 15) is 4.79 Å². The van der Waals surface area contributed by atoms with Crippen molar-refractivity contribution in [1.29, 1.82) is 0 Å². The molecule has 4 N–H and O–H groups in total. The Morgan fingerprint density at radius 3 is 2.63 bits per heavy atom. The van der Waals surface area contributed by atoms with Gasteiger partial charge in [0.05, 0.1) is 10.6 Å². The van der Waals surface area contributed by atoms with Crippen LogP contribution in [0.1, 0.15) is 24.2 Å². The molecule has 0 unspecified atom stereocenters. The van der Waals surface area contributed by atoms with Crippen LogP contribution in [-0.2, 0) is 0 Å². The molecule has 0 aliphatic rings. The molecular weight excluding hydrogens is 266 g/mol. The van der Waals surface area contributed by atoms with Gasteiger partial charge < -0.3 is 15.6 Å². The summed E-state index contributed by atoms with van der Waals surface area (Å²) in [5, 5.41) is 3.16. The Labute approximate surface area is 118 Å². The number of halogens is 1. The summed E-state index contributed by atoms with van der Waals surface area (Å²) in [6, 6.07) is 1.53. The summed E-state index contributed by atoms with van der Waals surface area (Å²) in [6.07, 6.45) is 1.43. The van der Waals surface area contributed by atoms with E-state index in [1.54, 1.807) is 0 Å². The van der Waals surface area contributed by atoms with Crippen LogP contribution in [0.2, 0.25) is 5.02 Å². The Morgan fingerprint density at radius 2 is 2.16 bits per heavy atom. The molecule has 0 atom stereocenters. The number of aromatic nitrogens is 1. The Hall–Kier alpha value is -1.37. The lowest BCUT2D eigenvalue weighted by atomic mass is 10.0. The first kappa shape index (κ1) is 15.7. The van der Waals surface area contributed by atoms with Crippen molar-refractivity contribution in [3.63, 3.8) is 0 Å². The number of anilines is 1.